The fourth-order valence-electron chi connectivity index (χ4n) is 5.09. The molecule has 2 aliphatic heterocycles. The van der Waals surface area contributed by atoms with Crippen LogP contribution in [0.15, 0.2) is 36.8 Å². The number of nitrogens with zero attached hydrogens (tertiary/aromatic N) is 6. The average Bonchev–Trinajstić information content (AvgIpc) is 3.53. The van der Waals surface area contributed by atoms with Gasteiger partial charge in [-0.3, -0.25) is 9.78 Å². The van der Waals surface area contributed by atoms with Gasteiger partial charge in [0.2, 0.25) is 5.91 Å². The highest BCUT2D eigenvalue weighted by Gasteiger charge is 2.34. The van der Waals surface area contributed by atoms with Crippen molar-refractivity contribution in [1.82, 2.24) is 24.6 Å². The van der Waals surface area contributed by atoms with Gasteiger partial charge in [-0.15, -0.1) is 5.10 Å². The Kier molecular flexibility index (Phi) is 4.35. The molecule has 172 valence electrons. The van der Waals surface area contributed by atoms with Gasteiger partial charge in [-0.25, -0.2) is 14.5 Å². The van der Waals surface area contributed by atoms with Crippen molar-refractivity contribution < 1.29 is 9.53 Å². The maximum atomic E-state index is 12.3. The lowest BCUT2D eigenvalue weighted by atomic mass is 10.1. The second-order valence-corrected chi connectivity index (χ2v) is 9.62. The predicted molar refractivity (Wildman–Crippen MR) is 128 cm³/mol. The van der Waals surface area contributed by atoms with E-state index in [1.165, 1.54) is 0 Å². The molecule has 4 aromatic rings. The molecular weight excluding hydrogens is 430 g/mol. The number of hydrogen-bond donors (Lipinski definition) is 1. The van der Waals surface area contributed by atoms with E-state index in [9.17, 15) is 4.79 Å². The summed E-state index contributed by atoms with van der Waals surface area (Å²) >= 11 is 0. The van der Waals surface area contributed by atoms with Crippen molar-refractivity contribution in [3.63, 3.8) is 0 Å². The second-order valence-electron chi connectivity index (χ2n) is 9.62. The van der Waals surface area contributed by atoms with Crippen LogP contribution < -0.4 is 10.2 Å². The number of carbonyl (C=O) groups excluding carboxylic acids is 1. The summed E-state index contributed by atoms with van der Waals surface area (Å²) in [6.07, 6.45) is 10.5. The van der Waals surface area contributed by atoms with E-state index in [4.69, 9.17) is 14.8 Å². The number of aryl methyl sites for hydroxylation is 1. The first-order valence-corrected chi connectivity index (χ1v) is 11.9. The van der Waals surface area contributed by atoms with Crippen molar-refractivity contribution in [3.05, 3.63) is 42.5 Å². The van der Waals surface area contributed by atoms with Crippen molar-refractivity contribution in [2.75, 3.05) is 23.3 Å². The number of pyridine rings is 3. The zero-order valence-corrected chi connectivity index (χ0v) is 18.9. The number of hydrogen-bond acceptors (Lipinski definition) is 7. The molecule has 1 amide bonds. The molecule has 4 aromatic heterocycles. The molecule has 0 aromatic carbocycles. The Labute approximate surface area is 196 Å². The van der Waals surface area contributed by atoms with Crippen LogP contribution in [0.2, 0.25) is 0 Å². The van der Waals surface area contributed by atoms with Crippen molar-refractivity contribution in [2.45, 2.75) is 44.8 Å². The second kappa shape index (κ2) is 7.46. The smallest absolute Gasteiger partial charge is 0.228 e. The molecule has 1 N–H and O–H groups in total. The largest absolute Gasteiger partial charge is 0.371 e. The number of anilines is 2. The summed E-state index contributed by atoms with van der Waals surface area (Å²) in [4.78, 5) is 28.4. The van der Waals surface area contributed by atoms with E-state index in [1.54, 1.807) is 12.4 Å². The molecule has 7 rings (SSSR count). The lowest BCUT2D eigenvalue weighted by Crippen LogP contribution is -2.42. The van der Waals surface area contributed by atoms with Crippen LogP contribution in [0, 0.1) is 12.8 Å². The van der Waals surface area contributed by atoms with E-state index in [0.717, 1.165) is 72.1 Å². The Morgan fingerprint density at radius 3 is 2.68 bits per heavy atom. The Hall–Kier alpha value is -3.59. The summed E-state index contributed by atoms with van der Waals surface area (Å²) in [5, 5.41) is 9.59. The van der Waals surface area contributed by atoms with Gasteiger partial charge in [-0.2, -0.15) is 0 Å². The van der Waals surface area contributed by atoms with Crippen LogP contribution in [0.25, 0.3) is 27.8 Å². The molecule has 2 unspecified atom stereocenters. The average molecular weight is 456 g/mol. The maximum absolute atomic E-state index is 12.3. The van der Waals surface area contributed by atoms with Crippen LogP contribution in [0.3, 0.4) is 0 Å². The molecule has 2 saturated heterocycles. The van der Waals surface area contributed by atoms with Crippen LogP contribution in [0.4, 0.5) is 11.5 Å². The number of morpholine rings is 1. The van der Waals surface area contributed by atoms with Gasteiger partial charge in [0.15, 0.2) is 11.5 Å². The van der Waals surface area contributed by atoms with Gasteiger partial charge in [0.05, 0.1) is 24.1 Å². The standard InChI is InChI=1S/C25H25N7O2/c1-14-20-9-27-22(28-25(33)15-2-3-15)8-19(20)21(10-26-14)24-29-23-7-4-16(11-32(23)30-24)31-12-17-5-6-18(13-31)34-17/h4,7-11,15,17-18H,2-3,5-6,12-13H2,1H3,(H,27,28,33). The Balaban J connectivity index is 1.26. The summed E-state index contributed by atoms with van der Waals surface area (Å²) in [6, 6.07) is 6.02. The first-order valence-electron chi connectivity index (χ1n) is 11.9. The number of nitrogens with one attached hydrogen (secondary N) is 1. The number of aromatic nitrogens is 5. The fraction of sp³-hybridized carbons (Fsp3) is 0.400. The van der Waals surface area contributed by atoms with E-state index in [-0.39, 0.29) is 11.8 Å². The topological polar surface area (TPSA) is 97.5 Å². The highest BCUT2D eigenvalue weighted by atomic mass is 16.5. The van der Waals surface area contributed by atoms with Crippen LogP contribution >= 0.6 is 0 Å². The van der Waals surface area contributed by atoms with Gasteiger partial charge in [-0.1, -0.05) is 0 Å². The van der Waals surface area contributed by atoms with Crippen molar-refractivity contribution in [1.29, 1.82) is 0 Å². The van der Waals surface area contributed by atoms with Gasteiger partial charge in [0.25, 0.3) is 0 Å². The molecule has 2 atom stereocenters. The molecule has 9 nitrogen and oxygen atoms in total. The minimum Gasteiger partial charge on any atom is -0.371 e. The molecule has 6 heterocycles. The molecule has 0 spiro atoms. The lowest BCUT2D eigenvalue weighted by molar-refractivity contribution is -0.117. The molecule has 1 saturated carbocycles. The van der Waals surface area contributed by atoms with E-state index in [1.807, 2.05) is 29.8 Å². The third-order valence-electron chi connectivity index (χ3n) is 7.14. The van der Waals surface area contributed by atoms with Gasteiger partial charge >= 0.3 is 0 Å². The van der Waals surface area contributed by atoms with E-state index in [0.29, 0.717) is 23.9 Å². The van der Waals surface area contributed by atoms with E-state index in [2.05, 4.69) is 26.3 Å². The quantitative estimate of drug-likeness (QED) is 0.504. The van der Waals surface area contributed by atoms with Crippen molar-refractivity contribution >= 4 is 33.8 Å². The number of rotatable bonds is 4. The fourth-order valence-corrected chi connectivity index (χ4v) is 5.09. The maximum Gasteiger partial charge on any atom is 0.228 e. The third-order valence-corrected chi connectivity index (χ3v) is 7.14. The normalized spacial score (nSPS) is 22.0. The number of carbonyl (C=O) groups is 1. The molecule has 3 aliphatic rings. The number of fused-ring (bicyclic) bond motifs is 4. The van der Waals surface area contributed by atoms with E-state index >= 15 is 0 Å². The number of amides is 1. The third kappa shape index (κ3) is 3.38. The van der Waals surface area contributed by atoms with Crippen molar-refractivity contribution in [3.8, 4) is 11.4 Å². The first kappa shape index (κ1) is 19.8. The molecule has 3 fully saturated rings. The van der Waals surface area contributed by atoms with Gasteiger partial charge in [0, 0.05) is 53.4 Å². The van der Waals surface area contributed by atoms with E-state index < -0.39 is 0 Å². The minimum atomic E-state index is 0.0362. The summed E-state index contributed by atoms with van der Waals surface area (Å²) in [6.45, 7) is 3.78. The van der Waals surface area contributed by atoms with Gasteiger partial charge in [-0.05, 0) is 50.8 Å². The zero-order valence-electron chi connectivity index (χ0n) is 18.9. The molecule has 9 heteroatoms. The monoisotopic (exact) mass is 455 g/mol. The molecule has 2 bridgehead atoms. The predicted octanol–water partition coefficient (Wildman–Crippen LogP) is 3.36. The molecule has 0 radical (unpaired) electrons. The summed E-state index contributed by atoms with van der Waals surface area (Å²) < 4.78 is 7.82. The van der Waals surface area contributed by atoms with Crippen LogP contribution in [0.5, 0.6) is 0 Å². The Morgan fingerprint density at radius 1 is 1.06 bits per heavy atom. The lowest BCUT2D eigenvalue weighted by Gasteiger charge is -2.33. The van der Waals surface area contributed by atoms with Crippen LogP contribution in [0.1, 0.15) is 31.4 Å². The molecular formula is C25H25N7O2. The minimum absolute atomic E-state index is 0.0362. The van der Waals surface area contributed by atoms with Crippen molar-refractivity contribution in [2.24, 2.45) is 5.92 Å². The zero-order chi connectivity index (χ0) is 22.8. The molecule has 1 aliphatic carbocycles. The van der Waals surface area contributed by atoms with Gasteiger partial charge in [0.1, 0.15) is 5.82 Å². The number of ether oxygens (including phenoxy) is 1. The van der Waals surface area contributed by atoms with Gasteiger partial charge < -0.3 is 15.0 Å². The summed E-state index contributed by atoms with van der Waals surface area (Å²) in [5.41, 5.74) is 3.60. The van der Waals surface area contributed by atoms with Crippen LogP contribution in [-0.2, 0) is 9.53 Å². The van der Waals surface area contributed by atoms with Crippen LogP contribution in [-0.4, -0.2) is 55.8 Å². The SMILES string of the molecule is Cc1ncc(-c2nc3ccc(N4CC5CCC(C4)O5)cn3n2)c2cc(NC(=O)C3CC3)ncc12. The highest BCUT2D eigenvalue weighted by Crippen LogP contribution is 2.33. The summed E-state index contributed by atoms with van der Waals surface area (Å²) in [5.74, 6) is 1.30. The Bertz CT molecular complexity index is 1430. The summed E-state index contributed by atoms with van der Waals surface area (Å²) in [7, 11) is 0. The Morgan fingerprint density at radius 2 is 1.88 bits per heavy atom. The highest BCUT2D eigenvalue weighted by molar-refractivity contribution is 6.00. The first-order chi connectivity index (χ1) is 16.6. The molecule has 34 heavy (non-hydrogen) atoms.